The molecule has 1 saturated heterocycles. The van der Waals surface area contributed by atoms with Gasteiger partial charge in [0.25, 0.3) is 0 Å². The molecule has 1 N–H and O–H groups in total. The third-order valence-corrected chi connectivity index (χ3v) is 3.17. The Kier molecular flexibility index (Phi) is 5.69. The van der Waals surface area contributed by atoms with Crippen LogP contribution >= 0.6 is 0 Å². The van der Waals surface area contributed by atoms with Crippen LogP contribution in [0.4, 0.5) is 0 Å². The summed E-state index contributed by atoms with van der Waals surface area (Å²) >= 11 is 0. The van der Waals surface area contributed by atoms with Gasteiger partial charge in [-0.2, -0.15) is 0 Å². The second kappa shape index (κ2) is 6.83. The second-order valence-electron chi connectivity index (χ2n) is 4.49. The van der Waals surface area contributed by atoms with Crippen LogP contribution < -0.4 is 5.32 Å². The predicted octanol–water partition coefficient (Wildman–Crippen LogP) is 1.78. The summed E-state index contributed by atoms with van der Waals surface area (Å²) in [4.78, 5) is 13.9. The van der Waals surface area contributed by atoms with E-state index in [1.54, 1.807) is 0 Å². The van der Waals surface area contributed by atoms with Crippen LogP contribution in [0.3, 0.4) is 0 Å². The van der Waals surface area contributed by atoms with E-state index in [1.165, 1.54) is 25.7 Å². The molecule has 1 amide bonds. The summed E-state index contributed by atoms with van der Waals surface area (Å²) in [6.07, 6.45) is 5.99. The van der Waals surface area contributed by atoms with Crippen molar-refractivity contribution >= 4 is 5.91 Å². The number of carbonyl (C=O) groups excluding carboxylic acids is 1. The fourth-order valence-electron chi connectivity index (χ4n) is 1.84. The highest BCUT2D eigenvalue weighted by Crippen LogP contribution is 2.09. The fraction of sp³-hybridized carbons (Fsp3) is 0.917. The van der Waals surface area contributed by atoms with E-state index in [0.29, 0.717) is 12.6 Å². The smallest absolute Gasteiger partial charge is 0.236 e. The number of hydrogen-bond acceptors (Lipinski definition) is 2. The lowest BCUT2D eigenvalue weighted by atomic mass is 10.2. The maximum absolute atomic E-state index is 11.8. The first kappa shape index (κ1) is 12.5. The maximum atomic E-state index is 11.8. The van der Waals surface area contributed by atoms with E-state index in [-0.39, 0.29) is 5.91 Å². The average Bonchev–Trinajstić information content (AvgIpc) is 2.53. The third kappa shape index (κ3) is 4.65. The highest BCUT2D eigenvalue weighted by atomic mass is 16.2. The highest BCUT2D eigenvalue weighted by molar-refractivity contribution is 5.78. The van der Waals surface area contributed by atoms with Gasteiger partial charge in [0.2, 0.25) is 5.91 Å². The summed E-state index contributed by atoms with van der Waals surface area (Å²) in [6, 6.07) is 0.445. The van der Waals surface area contributed by atoms with Gasteiger partial charge in [0, 0.05) is 19.1 Å². The molecule has 1 atom stereocenters. The first-order chi connectivity index (χ1) is 7.24. The van der Waals surface area contributed by atoms with Crippen LogP contribution in [-0.2, 0) is 4.79 Å². The minimum absolute atomic E-state index is 0.275. The Hall–Kier alpha value is -0.570. The van der Waals surface area contributed by atoms with Crippen molar-refractivity contribution in [2.45, 2.75) is 52.0 Å². The molecule has 0 aromatic rings. The number of carbonyl (C=O) groups is 1. The molecule has 0 spiro atoms. The lowest BCUT2D eigenvalue weighted by Crippen LogP contribution is -2.41. The van der Waals surface area contributed by atoms with E-state index >= 15 is 0 Å². The Morgan fingerprint density at radius 3 is 2.40 bits per heavy atom. The Morgan fingerprint density at radius 1 is 1.27 bits per heavy atom. The van der Waals surface area contributed by atoms with Gasteiger partial charge in [0.1, 0.15) is 0 Å². The van der Waals surface area contributed by atoms with E-state index in [1.807, 2.05) is 4.90 Å². The van der Waals surface area contributed by atoms with Crippen LogP contribution in [-0.4, -0.2) is 36.5 Å². The van der Waals surface area contributed by atoms with Crippen LogP contribution in [0.2, 0.25) is 0 Å². The van der Waals surface area contributed by atoms with Crippen LogP contribution in [0.1, 0.15) is 46.0 Å². The summed E-state index contributed by atoms with van der Waals surface area (Å²) < 4.78 is 0. The molecule has 15 heavy (non-hydrogen) atoms. The molecular weight excluding hydrogens is 188 g/mol. The Bertz CT molecular complexity index is 186. The first-order valence-electron chi connectivity index (χ1n) is 6.25. The van der Waals surface area contributed by atoms with E-state index in [2.05, 4.69) is 19.2 Å². The standard InChI is InChI=1S/C12H24N2O/c1-3-11(2)13-10-12(15)14-8-6-4-5-7-9-14/h11,13H,3-10H2,1-2H3. The van der Waals surface area contributed by atoms with Crippen LogP contribution in [0, 0.1) is 0 Å². The van der Waals surface area contributed by atoms with Gasteiger partial charge in [0.05, 0.1) is 6.54 Å². The quantitative estimate of drug-likeness (QED) is 0.770. The SMILES string of the molecule is CCC(C)NCC(=O)N1CCCCCC1. The van der Waals surface area contributed by atoms with Crippen molar-refractivity contribution in [3.05, 3.63) is 0 Å². The Balaban J connectivity index is 2.25. The molecule has 0 aromatic heterocycles. The zero-order chi connectivity index (χ0) is 11.1. The fourth-order valence-corrected chi connectivity index (χ4v) is 1.84. The van der Waals surface area contributed by atoms with Gasteiger partial charge >= 0.3 is 0 Å². The third-order valence-electron chi connectivity index (χ3n) is 3.17. The molecule has 1 heterocycles. The summed E-state index contributed by atoms with van der Waals surface area (Å²) in [5.74, 6) is 0.275. The van der Waals surface area contributed by atoms with Crippen LogP contribution in [0.25, 0.3) is 0 Å². The summed E-state index contributed by atoms with van der Waals surface area (Å²) in [5.41, 5.74) is 0. The van der Waals surface area contributed by atoms with Gasteiger partial charge in [-0.3, -0.25) is 4.79 Å². The molecule has 1 unspecified atom stereocenters. The molecular formula is C12H24N2O. The molecule has 1 aliphatic heterocycles. The average molecular weight is 212 g/mol. The molecule has 3 heteroatoms. The lowest BCUT2D eigenvalue weighted by molar-refractivity contribution is -0.130. The first-order valence-corrected chi connectivity index (χ1v) is 6.25. The monoisotopic (exact) mass is 212 g/mol. The zero-order valence-corrected chi connectivity index (χ0v) is 10.1. The number of nitrogens with zero attached hydrogens (tertiary/aromatic N) is 1. The number of nitrogens with one attached hydrogen (secondary N) is 1. The molecule has 3 nitrogen and oxygen atoms in total. The van der Waals surface area contributed by atoms with Crippen molar-refractivity contribution in [2.75, 3.05) is 19.6 Å². The minimum atomic E-state index is 0.275. The molecule has 0 aliphatic carbocycles. The van der Waals surface area contributed by atoms with Crippen molar-refractivity contribution in [1.82, 2.24) is 10.2 Å². The normalized spacial score (nSPS) is 19.7. The number of hydrogen-bond donors (Lipinski definition) is 1. The van der Waals surface area contributed by atoms with Gasteiger partial charge in [0.15, 0.2) is 0 Å². The van der Waals surface area contributed by atoms with E-state index < -0.39 is 0 Å². The largest absolute Gasteiger partial charge is 0.342 e. The number of rotatable bonds is 4. The van der Waals surface area contributed by atoms with E-state index in [9.17, 15) is 4.79 Å². The molecule has 1 rings (SSSR count). The summed E-state index contributed by atoms with van der Waals surface area (Å²) in [6.45, 7) is 6.68. The van der Waals surface area contributed by atoms with Crippen molar-refractivity contribution in [3.8, 4) is 0 Å². The molecule has 88 valence electrons. The summed E-state index contributed by atoms with van der Waals surface area (Å²) in [5, 5.41) is 3.26. The van der Waals surface area contributed by atoms with Crippen molar-refractivity contribution in [2.24, 2.45) is 0 Å². The predicted molar refractivity (Wildman–Crippen MR) is 62.8 cm³/mol. The Labute approximate surface area is 93.2 Å². The van der Waals surface area contributed by atoms with E-state index in [4.69, 9.17) is 0 Å². The molecule has 0 radical (unpaired) electrons. The van der Waals surface area contributed by atoms with E-state index in [0.717, 1.165) is 19.5 Å². The van der Waals surface area contributed by atoms with Crippen molar-refractivity contribution in [3.63, 3.8) is 0 Å². The van der Waals surface area contributed by atoms with Gasteiger partial charge in [-0.05, 0) is 26.2 Å². The molecule has 0 aromatic carbocycles. The number of amides is 1. The second-order valence-corrected chi connectivity index (χ2v) is 4.49. The molecule has 0 saturated carbocycles. The van der Waals surface area contributed by atoms with Crippen molar-refractivity contribution in [1.29, 1.82) is 0 Å². The Morgan fingerprint density at radius 2 is 1.87 bits per heavy atom. The molecule has 1 aliphatic rings. The van der Waals surface area contributed by atoms with Gasteiger partial charge in [-0.25, -0.2) is 0 Å². The molecule has 0 bridgehead atoms. The highest BCUT2D eigenvalue weighted by Gasteiger charge is 2.15. The topological polar surface area (TPSA) is 32.3 Å². The number of likely N-dealkylation sites (tertiary alicyclic amines) is 1. The lowest BCUT2D eigenvalue weighted by Gasteiger charge is -2.21. The van der Waals surface area contributed by atoms with Crippen LogP contribution in [0.15, 0.2) is 0 Å². The van der Waals surface area contributed by atoms with Crippen LogP contribution in [0.5, 0.6) is 0 Å². The van der Waals surface area contributed by atoms with Gasteiger partial charge in [-0.1, -0.05) is 19.8 Å². The van der Waals surface area contributed by atoms with Gasteiger partial charge < -0.3 is 10.2 Å². The minimum Gasteiger partial charge on any atom is -0.342 e. The van der Waals surface area contributed by atoms with Crippen molar-refractivity contribution < 1.29 is 4.79 Å². The molecule has 1 fully saturated rings. The van der Waals surface area contributed by atoms with Gasteiger partial charge in [-0.15, -0.1) is 0 Å². The zero-order valence-electron chi connectivity index (χ0n) is 10.1. The maximum Gasteiger partial charge on any atom is 0.236 e. The summed E-state index contributed by atoms with van der Waals surface area (Å²) in [7, 11) is 0.